The molecule has 0 aliphatic carbocycles. The average Bonchev–Trinajstić information content (AvgIpc) is 2.81. The highest BCUT2D eigenvalue weighted by atomic mass is 32.1. The lowest BCUT2D eigenvalue weighted by molar-refractivity contribution is -0.138. The number of carboxylic acid groups (broad SMARTS) is 1. The minimum absolute atomic E-state index is 0.466. The van der Waals surface area contributed by atoms with Crippen molar-refractivity contribution in [3.63, 3.8) is 0 Å². The molecule has 0 aliphatic heterocycles. The summed E-state index contributed by atoms with van der Waals surface area (Å²) in [6.07, 6.45) is 2.54. The van der Waals surface area contributed by atoms with Gasteiger partial charge in [0.2, 0.25) is 0 Å². The van der Waals surface area contributed by atoms with Gasteiger partial charge in [-0.15, -0.1) is 11.3 Å². The number of carbonyl (C=O) groups is 1. The van der Waals surface area contributed by atoms with E-state index in [1.807, 2.05) is 29.6 Å². The molecule has 0 aliphatic rings. The van der Waals surface area contributed by atoms with Crippen LogP contribution in [0.2, 0.25) is 0 Å². The zero-order valence-corrected chi connectivity index (χ0v) is 10.3. The zero-order chi connectivity index (χ0) is 12.3. The van der Waals surface area contributed by atoms with Crippen molar-refractivity contribution in [3.05, 3.63) is 52.0 Å². The molecule has 2 aromatic rings. The summed E-state index contributed by atoms with van der Waals surface area (Å²) in [7, 11) is 0. The van der Waals surface area contributed by atoms with Crippen molar-refractivity contribution in [2.24, 2.45) is 0 Å². The molecule has 0 spiro atoms. The highest BCUT2D eigenvalue weighted by molar-refractivity contribution is 7.09. The summed E-state index contributed by atoms with van der Waals surface area (Å²) in [5.74, 6) is -1.26. The fourth-order valence-corrected chi connectivity index (χ4v) is 2.28. The molecule has 0 bridgehead atoms. The largest absolute Gasteiger partial charge is 0.481 e. The Balaban J connectivity index is 2.19. The molecule has 1 atom stereocenters. The Bertz CT molecular complexity index is 508. The van der Waals surface area contributed by atoms with E-state index in [0.717, 1.165) is 22.6 Å². The molecule has 0 fully saturated rings. The lowest BCUT2D eigenvalue weighted by Gasteiger charge is -2.08. The fraction of sp³-hybridized carbons (Fsp3) is 0.231. The van der Waals surface area contributed by atoms with Crippen LogP contribution in [0, 0.1) is 0 Å². The lowest BCUT2D eigenvalue weighted by atomic mass is 9.98. The van der Waals surface area contributed by atoms with Crippen molar-refractivity contribution in [2.75, 3.05) is 0 Å². The van der Waals surface area contributed by atoms with Crippen LogP contribution < -0.4 is 0 Å². The molecule has 0 amide bonds. The first-order valence-electron chi connectivity index (χ1n) is 5.37. The molecular weight excluding hydrogens is 234 g/mol. The number of aliphatic carboxylic acids is 1. The third-order valence-corrected chi connectivity index (χ3v) is 3.44. The van der Waals surface area contributed by atoms with Crippen LogP contribution in [0.15, 0.2) is 35.8 Å². The number of aromatic nitrogens is 1. The maximum absolute atomic E-state index is 10.9. The molecule has 88 valence electrons. The lowest BCUT2D eigenvalue weighted by Crippen LogP contribution is -2.07. The van der Waals surface area contributed by atoms with Gasteiger partial charge in [-0.3, -0.25) is 4.79 Å². The standard InChI is InChI=1S/C13H13NO2S/c1-9(13(15)16)11-4-2-3-10(7-11)8-12-14-5-6-17-12/h2-7,9H,8H2,1H3,(H,15,16). The average molecular weight is 247 g/mol. The Morgan fingerprint density at radius 1 is 1.53 bits per heavy atom. The first-order valence-corrected chi connectivity index (χ1v) is 6.25. The van der Waals surface area contributed by atoms with Gasteiger partial charge in [0, 0.05) is 18.0 Å². The van der Waals surface area contributed by atoms with Gasteiger partial charge in [-0.1, -0.05) is 24.3 Å². The van der Waals surface area contributed by atoms with Crippen LogP contribution in [0.4, 0.5) is 0 Å². The van der Waals surface area contributed by atoms with Crippen LogP contribution in [-0.4, -0.2) is 16.1 Å². The highest BCUT2D eigenvalue weighted by Gasteiger charge is 2.13. The summed E-state index contributed by atoms with van der Waals surface area (Å²) in [5.41, 5.74) is 1.94. The summed E-state index contributed by atoms with van der Waals surface area (Å²) >= 11 is 1.61. The van der Waals surface area contributed by atoms with Gasteiger partial charge in [-0.05, 0) is 18.1 Å². The molecule has 2 rings (SSSR count). The Labute approximate surface area is 104 Å². The summed E-state index contributed by atoms with van der Waals surface area (Å²) in [6, 6.07) is 7.70. The molecule has 17 heavy (non-hydrogen) atoms. The zero-order valence-electron chi connectivity index (χ0n) is 9.46. The van der Waals surface area contributed by atoms with Gasteiger partial charge < -0.3 is 5.11 Å². The van der Waals surface area contributed by atoms with Crippen molar-refractivity contribution < 1.29 is 9.90 Å². The Morgan fingerprint density at radius 3 is 3.00 bits per heavy atom. The van der Waals surface area contributed by atoms with Crippen LogP contribution in [-0.2, 0) is 11.2 Å². The van der Waals surface area contributed by atoms with Crippen molar-refractivity contribution in [2.45, 2.75) is 19.3 Å². The van der Waals surface area contributed by atoms with Crippen LogP contribution in [0.1, 0.15) is 29.0 Å². The third-order valence-electron chi connectivity index (χ3n) is 2.66. The predicted octanol–water partition coefficient (Wildman–Crippen LogP) is 2.92. The van der Waals surface area contributed by atoms with E-state index in [1.54, 1.807) is 24.5 Å². The van der Waals surface area contributed by atoms with Crippen molar-refractivity contribution in [1.29, 1.82) is 0 Å². The molecule has 1 aromatic carbocycles. The highest BCUT2D eigenvalue weighted by Crippen LogP contribution is 2.19. The molecule has 0 saturated carbocycles. The first-order chi connectivity index (χ1) is 8.16. The number of carboxylic acids is 1. The van der Waals surface area contributed by atoms with E-state index in [-0.39, 0.29) is 0 Å². The van der Waals surface area contributed by atoms with Crippen molar-refractivity contribution in [3.8, 4) is 0 Å². The summed E-state index contributed by atoms with van der Waals surface area (Å²) in [5, 5.41) is 12.0. The fourth-order valence-electron chi connectivity index (χ4n) is 1.63. The number of nitrogens with zero attached hydrogens (tertiary/aromatic N) is 1. The van der Waals surface area contributed by atoms with Crippen LogP contribution in [0.3, 0.4) is 0 Å². The quantitative estimate of drug-likeness (QED) is 0.903. The molecule has 1 N–H and O–H groups in total. The second-order valence-electron chi connectivity index (χ2n) is 3.91. The van der Waals surface area contributed by atoms with Crippen molar-refractivity contribution >= 4 is 17.3 Å². The summed E-state index contributed by atoms with van der Waals surface area (Å²) in [6.45, 7) is 1.70. The monoisotopic (exact) mass is 247 g/mol. The second kappa shape index (κ2) is 5.10. The van der Waals surface area contributed by atoms with Crippen LogP contribution in [0.5, 0.6) is 0 Å². The second-order valence-corrected chi connectivity index (χ2v) is 4.89. The van der Waals surface area contributed by atoms with Gasteiger partial charge in [-0.25, -0.2) is 4.98 Å². The Hall–Kier alpha value is -1.68. The molecular formula is C13H13NO2S. The molecule has 0 saturated heterocycles. The van der Waals surface area contributed by atoms with E-state index in [9.17, 15) is 4.79 Å². The van der Waals surface area contributed by atoms with E-state index in [2.05, 4.69) is 4.98 Å². The summed E-state index contributed by atoms with van der Waals surface area (Å²) < 4.78 is 0. The number of thiazole rings is 1. The molecule has 0 radical (unpaired) electrons. The van der Waals surface area contributed by atoms with Gasteiger partial charge in [0.15, 0.2) is 0 Å². The van der Waals surface area contributed by atoms with Crippen molar-refractivity contribution in [1.82, 2.24) is 4.98 Å². The molecule has 1 heterocycles. The molecule has 1 aromatic heterocycles. The predicted molar refractivity (Wildman–Crippen MR) is 67.4 cm³/mol. The van der Waals surface area contributed by atoms with Gasteiger partial charge in [0.05, 0.1) is 10.9 Å². The normalized spacial score (nSPS) is 12.3. The summed E-state index contributed by atoms with van der Waals surface area (Å²) in [4.78, 5) is 15.1. The smallest absolute Gasteiger partial charge is 0.310 e. The molecule has 4 heteroatoms. The Kier molecular flexibility index (Phi) is 3.54. The number of benzene rings is 1. The maximum Gasteiger partial charge on any atom is 0.310 e. The molecule has 1 unspecified atom stereocenters. The number of hydrogen-bond donors (Lipinski definition) is 1. The van der Waals surface area contributed by atoms with Gasteiger partial charge in [0.1, 0.15) is 0 Å². The van der Waals surface area contributed by atoms with Crippen LogP contribution in [0.25, 0.3) is 0 Å². The van der Waals surface area contributed by atoms with Gasteiger partial charge >= 0.3 is 5.97 Å². The van der Waals surface area contributed by atoms with E-state index in [4.69, 9.17) is 5.11 Å². The number of rotatable bonds is 4. The maximum atomic E-state index is 10.9. The Morgan fingerprint density at radius 2 is 2.35 bits per heavy atom. The van der Waals surface area contributed by atoms with E-state index < -0.39 is 11.9 Å². The van der Waals surface area contributed by atoms with E-state index >= 15 is 0 Å². The minimum Gasteiger partial charge on any atom is -0.481 e. The van der Waals surface area contributed by atoms with Gasteiger partial charge in [-0.2, -0.15) is 0 Å². The van der Waals surface area contributed by atoms with Gasteiger partial charge in [0.25, 0.3) is 0 Å². The van der Waals surface area contributed by atoms with Crippen LogP contribution >= 0.6 is 11.3 Å². The number of hydrogen-bond acceptors (Lipinski definition) is 3. The third kappa shape index (κ3) is 2.91. The first kappa shape index (κ1) is 11.8. The van der Waals surface area contributed by atoms with E-state index in [1.165, 1.54) is 0 Å². The SMILES string of the molecule is CC(C(=O)O)c1cccc(Cc2nccs2)c1. The topological polar surface area (TPSA) is 50.2 Å². The van der Waals surface area contributed by atoms with E-state index in [0.29, 0.717) is 0 Å². The molecule has 3 nitrogen and oxygen atoms in total. The minimum atomic E-state index is -0.795.